The first-order valence-electron chi connectivity index (χ1n) is 21.8. The number of carbonyl (C=O) groups is 3. The van der Waals surface area contributed by atoms with E-state index in [2.05, 4.69) is 15.1 Å². The van der Waals surface area contributed by atoms with Gasteiger partial charge in [-0.05, 0) is 87.0 Å². The molecule has 0 unspecified atom stereocenters. The zero-order valence-electron chi connectivity index (χ0n) is 37.7. The number of carbonyl (C=O) groups excluding carboxylic acids is 3. The Morgan fingerprint density at radius 1 is 0.983 bits per heavy atom. The molecule has 0 aromatic heterocycles. The van der Waals surface area contributed by atoms with Crippen LogP contribution in [0, 0.1) is 17.8 Å². The van der Waals surface area contributed by atoms with Gasteiger partial charge >= 0.3 is 5.97 Å². The molecule has 16 nitrogen and oxygen atoms in total. The topological polar surface area (TPSA) is 200 Å². The summed E-state index contributed by atoms with van der Waals surface area (Å²) in [6, 6.07) is 6.94. The lowest BCUT2D eigenvalue weighted by Gasteiger charge is -2.47. The number of nitrogens with zero attached hydrogens (tertiary/aromatic N) is 3. The number of Topliss-reactive ketones (excluding diaryl/α,β-unsaturated/α-hetero) is 1. The second kappa shape index (κ2) is 21.4. The smallest absolute Gasteiger partial charge is 0.316 e. The number of aliphatic hydroxyl groups is 4. The number of anilines is 1. The van der Waals surface area contributed by atoms with Crippen molar-refractivity contribution < 1.29 is 58.5 Å². The van der Waals surface area contributed by atoms with E-state index >= 15 is 0 Å². The number of cyclic esters (lactones) is 1. The number of aliphatic hydroxyl groups excluding tert-OH is 3. The maximum Gasteiger partial charge on any atom is 0.316 e. The molecule has 342 valence electrons. The molecule has 1 aromatic rings. The monoisotopic (exact) mass is 851 g/mol. The summed E-state index contributed by atoms with van der Waals surface area (Å²) in [6.45, 7) is 18.3. The van der Waals surface area contributed by atoms with Crippen LogP contribution in [0.5, 0.6) is 5.75 Å². The summed E-state index contributed by atoms with van der Waals surface area (Å²) in [5.41, 5.74) is -2.46. The van der Waals surface area contributed by atoms with Crippen LogP contribution in [0.2, 0.25) is 0 Å². The Balaban J connectivity index is 1.66. The third-order valence-corrected chi connectivity index (χ3v) is 12.7. The van der Waals surface area contributed by atoms with Crippen LogP contribution in [0.3, 0.4) is 0 Å². The Kier molecular flexibility index (Phi) is 17.8. The highest BCUT2D eigenvalue weighted by Gasteiger charge is 2.51. The number of nitrogens with one attached hydrogen (secondary N) is 1. The van der Waals surface area contributed by atoms with Gasteiger partial charge in [-0.15, -0.1) is 0 Å². The van der Waals surface area contributed by atoms with Crippen molar-refractivity contribution in [3.8, 4) is 5.75 Å². The van der Waals surface area contributed by atoms with Crippen LogP contribution in [0.25, 0.3) is 0 Å². The molecule has 0 spiro atoms. The van der Waals surface area contributed by atoms with E-state index in [1.807, 2.05) is 57.1 Å². The number of likely N-dealkylation sites (N-methyl/N-ethyl adjacent to an activating group) is 1. The summed E-state index contributed by atoms with van der Waals surface area (Å²) in [5.74, 6) is -4.76. The summed E-state index contributed by atoms with van der Waals surface area (Å²) in [6.07, 6.45) is -7.03. The fourth-order valence-electron chi connectivity index (χ4n) is 9.04. The largest absolute Gasteiger partial charge is 0.492 e. The molecule has 4 rings (SSSR count). The third kappa shape index (κ3) is 12.0. The van der Waals surface area contributed by atoms with Crippen LogP contribution in [-0.2, 0) is 33.3 Å². The maximum atomic E-state index is 14.4. The first kappa shape index (κ1) is 49.7. The fraction of sp³-hybridized carbons (Fsp3) is 0.795. The van der Waals surface area contributed by atoms with Gasteiger partial charge in [0.05, 0.1) is 54.8 Å². The molecule has 3 fully saturated rings. The number of amides is 1. The molecule has 1 aromatic carbocycles. The van der Waals surface area contributed by atoms with Crippen molar-refractivity contribution >= 4 is 23.3 Å². The highest BCUT2D eigenvalue weighted by Crippen LogP contribution is 2.37. The molecule has 14 atom stereocenters. The molecule has 0 bridgehead atoms. The van der Waals surface area contributed by atoms with Crippen molar-refractivity contribution in [2.75, 3.05) is 64.9 Å². The number of para-hydroxylation sites is 2. The minimum atomic E-state index is -2.03. The molecule has 16 heteroatoms. The average Bonchev–Trinajstić information content (AvgIpc) is 3.20. The highest BCUT2D eigenvalue weighted by atomic mass is 16.7. The number of benzene rings is 1. The van der Waals surface area contributed by atoms with Crippen molar-refractivity contribution in [3.05, 3.63) is 24.3 Å². The van der Waals surface area contributed by atoms with Crippen LogP contribution < -0.4 is 15.0 Å². The molecule has 3 saturated heterocycles. The number of ketones is 1. The van der Waals surface area contributed by atoms with E-state index in [1.54, 1.807) is 27.7 Å². The number of esters is 1. The molecule has 5 N–H and O–H groups in total. The SMILES string of the molecule is CCOc1ccccc1N1CCN(C[C@H](O)CO[C@]2(C)C[C@@H](C)NC(=O)[C@H](C)[C@@H](O)[C@](C)(O)[C@@H](CC)OC(=O)[C@H](C)C(=O)[C@H](C)[C@H]2O[C@@H]2O[C@H](C)C[C@H](N(C)C)[C@H]2O)CC1. The molecule has 0 radical (unpaired) electrons. The minimum Gasteiger partial charge on any atom is -0.492 e. The van der Waals surface area contributed by atoms with E-state index in [4.69, 9.17) is 23.7 Å². The standard InChI is InChI=1S/C44H74N4O12/c1-12-35-44(9,55)38(52)30(7)40(53)45-26(3)23-43(8,57-25-31(49)24-47-18-20-48(21-19-47)32-16-14-15-17-34(32)56-13-2)39(28(5)36(50)29(6)41(54)59-35)60-42-37(51)33(46(10)11)22-27(4)58-42/h14-17,26-31,33,35,37-39,42,49,51-52,55H,12-13,18-25H2,1-11H3,(H,45,53)/t26-,27-,28+,29-,30-,31+,33+,35-,37-,38-,39-,42+,43-,44-/m1/s1. The summed E-state index contributed by atoms with van der Waals surface area (Å²) >= 11 is 0. The van der Waals surface area contributed by atoms with Crippen LogP contribution >= 0.6 is 0 Å². The van der Waals surface area contributed by atoms with E-state index < -0.39 is 89.5 Å². The predicted molar refractivity (Wildman–Crippen MR) is 225 cm³/mol. The second-order valence-corrected chi connectivity index (χ2v) is 17.9. The summed E-state index contributed by atoms with van der Waals surface area (Å²) in [4.78, 5) is 48.1. The highest BCUT2D eigenvalue weighted by molar-refractivity contribution is 6.00. The van der Waals surface area contributed by atoms with Gasteiger partial charge in [-0.25, -0.2) is 0 Å². The van der Waals surface area contributed by atoms with Gasteiger partial charge in [0.2, 0.25) is 5.91 Å². The Morgan fingerprint density at radius 2 is 1.63 bits per heavy atom. The normalized spacial score (nSPS) is 37.5. The van der Waals surface area contributed by atoms with Crippen molar-refractivity contribution in [3.63, 3.8) is 0 Å². The Bertz CT molecular complexity index is 1560. The summed E-state index contributed by atoms with van der Waals surface area (Å²) in [5, 5.41) is 48.9. The van der Waals surface area contributed by atoms with Gasteiger partial charge < -0.3 is 59.2 Å². The molecule has 3 aliphatic rings. The van der Waals surface area contributed by atoms with Crippen molar-refractivity contribution in [1.82, 2.24) is 15.1 Å². The van der Waals surface area contributed by atoms with E-state index in [0.717, 1.165) is 24.5 Å². The van der Waals surface area contributed by atoms with Crippen molar-refractivity contribution in [2.24, 2.45) is 17.8 Å². The van der Waals surface area contributed by atoms with E-state index in [9.17, 15) is 34.8 Å². The van der Waals surface area contributed by atoms with Gasteiger partial charge in [0.15, 0.2) is 12.1 Å². The van der Waals surface area contributed by atoms with Gasteiger partial charge in [-0.2, -0.15) is 0 Å². The first-order valence-corrected chi connectivity index (χ1v) is 21.8. The number of ether oxygens (including phenoxy) is 5. The Morgan fingerprint density at radius 3 is 2.25 bits per heavy atom. The lowest BCUT2D eigenvalue weighted by Crippen LogP contribution is -2.60. The average molecular weight is 851 g/mol. The van der Waals surface area contributed by atoms with Crippen LogP contribution in [-0.4, -0.2) is 174 Å². The van der Waals surface area contributed by atoms with E-state index in [0.29, 0.717) is 32.7 Å². The van der Waals surface area contributed by atoms with Crippen LogP contribution in [0.15, 0.2) is 24.3 Å². The minimum absolute atomic E-state index is 0.0385. The number of hydrogen-bond donors (Lipinski definition) is 5. The molecule has 3 aliphatic heterocycles. The number of hydrogen-bond acceptors (Lipinski definition) is 15. The quantitative estimate of drug-likeness (QED) is 0.151. The number of piperazine rings is 1. The summed E-state index contributed by atoms with van der Waals surface area (Å²) < 4.78 is 31.2. The molecule has 0 aliphatic carbocycles. The maximum absolute atomic E-state index is 14.4. The van der Waals surface area contributed by atoms with Crippen molar-refractivity contribution in [2.45, 2.75) is 148 Å². The van der Waals surface area contributed by atoms with Crippen LogP contribution in [0.1, 0.15) is 81.6 Å². The first-order chi connectivity index (χ1) is 28.1. The number of rotatable bonds is 12. The Labute approximate surface area is 356 Å². The number of β-amino-alcohol motifs (C(OH)–C–C–N with tert-alkyl or cyclic N) is 1. The molecule has 60 heavy (non-hydrogen) atoms. The molecular formula is C44H74N4O12. The molecule has 3 heterocycles. The predicted octanol–water partition coefficient (Wildman–Crippen LogP) is 1.97. The van der Waals surface area contributed by atoms with Crippen molar-refractivity contribution in [1.29, 1.82) is 0 Å². The fourth-order valence-corrected chi connectivity index (χ4v) is 9.04. The molecular weight excluding hydrogens is 776 g/mol. The van der Waals surface area contributed by atoms with E-state index in [-0.39, 0.29) is 31.6 Å². The second-order valence-electron chi connectivity index (χ2n) is 17.9. The van der Waals surface area contributed by atoms with Gasteiger partial charge in [0.1, 0.15) is 29.5 Å². The van der Waals surface area contributed by atoms with Crippen LogP contribution in [0.4, 0.5) is 5.69 Å². The molecule has 0 saturated carbocycles. The van der Waals surface area contributed by atoms with Gasteiger partial charge in [-0.3, -0.25) is 19.3 Å². The lowest BCUT2D eigenvalue weighted by molar-refractivity contribution is -0.298. The van der Waals surface area contributed by atoms with Gasteiger partial charge in [0.25, 0.3) is 0 Å². The van der Waals surface area contributed by atoms with Gasteiger partial charge in [-0.1, -0.05) is 32.9 Å². The lowest BCUT2D eigenvalue weighted by atomic mass is 9.79. The zero-order valence-corrected chi connectivity index (χ0v) is 37.7. The molecule has 1 amide bonds. The Hall–Kier alpha value is -2.93. The summed E-state index contributed by atoms with van der Waals surface area (Å²) in [7, 11) is 3.70. The van der Waals surface area contributed by atoms with Gasteiger partial charge in [0, 0.05) is 50.7 Å². The van der Waals surface area contributed by atoms with E-state index in [1.165, 1.54) is 20.8 Å². The third-order valence-electron chi connectivity index (χ3n) is 12.7. The zero-order chi connectivity index (χ0) is 44.7.